The van der Waals surface area contributed by atoms with E-state index in [1.165, 1.54) is 51.7 Å². The van der Waals surface area contributed by atoms with Crippen LogP contribution in [-0.2, 0) is 4.74 Å². The highest BCUT2D eigenvalue weighted by Crippen LogP contribution is 2.14. The van der Waals surface area contributed by atoms with Crippen molar-refractivity contribution in [1.29, 1.82) is 0 Å². The fourth-order valence-electron chi connectivity index (χ4n) is 2.49. The number of piperidine rings is 1. The van der Waals surface area contributed by atoms with Gasteiger partial charge in [-0.15, -0.1) is 0 Å². The molecule has 1 unspecified atom stereocenters. The Morgan fingerprint density at radius 2 is 2.00 bits per heavy atom. The van der Waals surface area contributed by atoms with Crippen LogP contribution in [0.4, 0.5) is 0 Å². The topological polar surface area (TPSA) is 24.5 Å². The number of methoxy groups -OCH3 is 1. The molecule has 3 heteroatoms. The third-order valence-electron chi connectivity index (χ3n) is 3.83. The molecule has 0 amide bonds. The molecule has 0 aromatic rings. The number of nitrogens with zero attached hydrogens (tertiary/aromatic N) is 1. The fourth-order valence-corrected chi connectivity index (χ4v) is 2.49. The van der Waals surface area contributed by atoms with Crippen molar-refractivity contribution in [3.63, 3.8) is 0 Å². The maximum atomic E-state index is 5.40. The number of unbranched alkanes of at least 4 members (excludes halogenated alkanes) is 2. The van der Waals surface area contributed by atoms with Crippen LogP contribution in [0.15, 0.2) is 0 Å². The summed E-state index contributed by atoms with van der Waals surface area (Å²) in [5, 5.41) is 3.57. The Kier molecular flexibility index (Phi) is 7.82. The second-order valence-corrected chi connectivity index (χ2v) is 5.23. The standard InChI is InChI=1S/C14H30N2O/c1-4-5-6-9-15-12-13(2)16-10-7-14(17-3)8-11-16/h13-15H,4-12H2,1-3H3. The lowest BCUT2D eigenvalue weighted by Gasteiger charge is -2.35. The molecule has 3 nitrogen and oxygen atoms in total. The van der Waals surface area contributed by atoms with Crippen molar-refractivity contribution in [3.05, 3.63) is 0 Å². The Labute approximate surface area is 107 Å². The van der Waals surface area contributed by atoms with Gasteiger partial charge in [-0.3, -0.25) is 4.90 Å². The third-order valence-corrected chi connectivity index (χ3v) is 3.83. The molecule has 1 rings (SSSR count). The highest BCUT2D eigenvalue weighted by atomic mass is 16.5. The van der Waals surface area contributed by atoms with Crippen LogP contribution in [0.5, 0.6) is 0 Å². The first-order chi connectivity index (χ1) is 8.27. The van der Waals surface area contributed by atoms with E-state index in [2.05, 4.69) is 24.1 Å². The van der Waals surface area contributed by atoms with Crippen molar-refractivity contribution in [3.8, 4) is 0 Å². The summed E-state index contributed by atoms with van der Waals surface area (Å²) in [6.45, 7) is 9.27. The van der Waals surface area contributed by atoms with Crippen LogP contribution in [0.1, 0.15) is 46.0 Å². The van der Waals surface area contributed by atoms with Crippen LogP contribution in [0, 0.1) is 0 Å². The average molecular weight is 242 g/mol. The van der Waals surface area contributed by atoms with Gasteiger partial charge in [0.15, 0.2) is 0 Å². The van der Waals surface area contributed by atoms with Gasteiger partial charge in [0, 0.05) is 32.8 Å². The van der Waals surface area contributed by atoms with Gasteiger partial charge in [0.25, 0.3) is 0 Å². The number of likely N-dealkylation sites (tertiary alicyclic amines) is 1. The molecule has 102 valence electrons. The first-order valence-electron chi connectivity index (χ1n) is 7.25. The first-order valence-corrected chi connectivity index (χ1v) is 7.25. The quantitative estimate of drug-likeness (QED) is 0.661. The van der Waals surface area contributed by atoms with Crippen LogP contribution < -0.4 is 5.32 Å². The molecule has 1 fully saturated rings. The zero-order chi connectivity index (χ0) is 12.5. The maximum absolute atomic E-state index is 5.40. The maximum Gasteiger partial charge on any atom is 0.0595 e. The molecule has 0 saturated carbocycles. The Hall–Kier alpha value is -0.120. The summed E-state index contributed by atoms with van der Waals surface area (Å²) in [4.78, 5) is 2.59. The largest absolute Gasteiger partial charge is 0.381 e. The minimum absolute atomic E-state index is 0.496. The number of ether oxygens (including phenoxy) is 1. The average Bonchev–Trinajstić information content (AvgIpc) is 2.38. The van der Waals surface area contributed by atoms with E-state index in [0.29, 0.717) is 12.1 Å². The lowest BCUT2D eigenvalue weighted by molar-refractivity contribution is 0.0298. The Morgan fingerprint density at radius 3 is 2.59 bits per heavy atom. The normalized spacial score (nSPS) is 20.6. The van der Waals surface area contributed by atoms with Gasteiger partial charge < -0.3 is 10.1 Å². The molecule has 1 aliphatic heterocycles. The van der Waals surface area contributed by atoms with Crippen molar-refractivity contribution >= 4 is 0 Å². The highest BCUT2D eigenvalue weighted by molar-refractivity contribution is 4.77. The van der Waals surface area contributed by atoms with Crippen molar-refractivity contribution in [2.24, 2.45) is 0 Å². The monoisotopic (exact) mass is 242 g/mol. The molecule has 1 heterocycles. The molecule has 1 aliphatic rings. The summed E-state index contributed by atoms with van der Waals surface area (Å²) >= 11 is 0. The van der Waals surface area contributed by atoms with E-state index in [1.807, 2.05) is 7.11 Å². The molecular formula is C14H30N2O. The Bertz CT molecular complexity index is 179. The van der Waals surface area contributed by atoms with E-state index in [4.69, 9.17) is 4.74 Å². The van der Waals surface area contributed by atoms with Crippen LogP contribution >= 0.6 is 0 Å². The van der Waals surface area contributed by atoms with E-state index < -0.39 is 0 Å². The van der Waals surface area contributed by atoms with E-state index >= 15 is 0 Å². The van der Waals surface area contributed by atoms with Gasteiger partial charge in [0.1, 0.15) is 0 Å². The smallest absolute Gasteiger partial charge is 0.0595 e. The van der Waals surface area contributed by atoms with Crippen molar-refractivity contribution < 1.29 is 4.74 Å². The Balaban J connectivity index is 2.05. The zero-order valence-electron chi connectivity index (χ0n) is 11.9. The molecule has 1 N–H and O–H groups in total. The van der Waals surface area contributed by atoms with Crippen molar-refractivity contribution in [1.82, 2.24) is 10.2 Å². The molecule has 0 bridgehead atoms. The van der Waals surface area contributed by atoms with Crippen molar-refractivity contribution in [2.45, 2.75) is 58.1 Å². The molecule has 1 atom stereocenters. The minimum atomic E-state index is 0.496. The summed E-state index contributed by atoms with van der Waals surface area (Å²) in [5.41, 5.74) is 0. The molecule has 0 aliphatic carbocycles. The summed E-state index contributed by atoms with van der Waals surface area (Å²) in [7, 11) is 1.83. The number of hydrogen-bond acceptors (Lipinski definition) is 3. The minimum Gasteiger partial charge on any atom is -0.381 e. The zero-order valence-corrected chi connectivity index (χ0v) is 11.9. The number of nitrogens with one attached hydrogen (secondary N) is 1. The summed E-state index contributed by atoms with van der Waals surface area (Å²) in [6, 6.07) is 0.662. The van der Waals surface area contributed by atoms with E-state index in [0.717, 1.165) is 6.54 Å². The van der Waals surface area contributed by atoms with E-state index in [9.17, 15) is 0 Å². The third kappa shape index (κ3) is 5.84. The van der Waals surface area contributed by atoms with Gasteiger partial charge >= 0.3 is 0 Å². The molecule has 1 saturated heterocycles. The predicted octanol–water partition coefficient (Wildman–Crippen LogP) is 2.27. The predicted molar refractivity (Wildman–Crippen MR) is 73.5 cm³/mol. The lowest BCUT2D eigenvalue weighted by atomic mass is 10.1. The van der Waals surface area contributed by atoms with Gasteiger partial charge in [-0.05, 0) is 32.7 Å². The number of hydrogen-bond donors (Lipinski definition) is 1. The molecule has 17 heavy (non-hydrogen) atoms. The summed E-state index contributed by atoms with van der Waals surface area (Å²) < 4.78 is 5.40. The van der Waals surface area contributed by atoms with E-state index in [-0.39, 0.29) is 0 Å². The van der Waals surface area contributed by atoms with Crippen LogP contribution in [0.2, 0.25) is 0 Å². The van der Waals surface area contributed by atoms with Gasteiger partial charge in [-0.1, -0.05) is 19.8 Å². The first kappa shape index (κ1) is 14.9. The number of rotatable bonds is 8. The van der Waals surface area contributed by atoms with Gasteiger partial charge in [-0.25, -0.2) is 0 Å². The van der Waals surface area contributed by atoms with Crippen LogP contribution in [0.25, 0.3) is 0 Å². The summed E-state index contributed by atoms with van der Waals surface area (Å²) in [5.74, 6) is 0. The van der Waals surface area contributed by atoms with Gasteiger partial charge in [-0.2, -0.15) is 0 Å². The molecule has 0 spiro atoms. The highest BCUT2D eigenvalue weighted by Gasteiger charge is 2.21. The molecular weight excluding hydrogens is 212 g/mol. The Morgan fingerprint density at radius 1 is 1.29 bits per heavy atom. The fraction of sp³-hybridized carbons (Fsp3) is 1.00. The SMILES string of the molecule is CCCCCNCC(C)N1CCC(OC)CC1. The van der Waals surface area contributed by atoms with Crippen LogP contribution in [-0.4, -0.2) is 50.3 Å². The van der Waals surface area contributed by atoms with Crippen LogP contribution in [0.3, 0.4) is 0 Å². The second kappa shape index (κ2) is 8.90. The molecule has 0 aromatic carbocycles. The molecule has 0 aromatic heterocycles. The molecule has 0 radical (unpaired) electrons. The van der Waals surface area contributed by atoms with Gasteiger partial charge in [0.2, 0.25) is 0 Å². The second-order valence-electron chi connectivity index (χ2n) is 5.23. The lowest BCUT2D eigenvalue weighted by Crippen LogP contribution is -2.46. The summed E-state index contributed by atoms with van der Waals surface area (Å²) in [6.07, 6.45) is 6.85. The van der Waals surface area contributed by atoms with E-state index in [1.54, 1.807) is 0 Å². The van der Waals surface area contributed by atoms with Crippen molar-refractivity contribution in [2.75, 3.05) is 33.3 Å². The van der Waals surface area contributed by atoms with Gasteiger partial charge in [0.05, 0.1) is 6.10 Å².